The lowest BCUT2D eigenvalue weighted by molar-refractivity contribution is 0.129. The molecule has 3 heterocycles. The molecular formula is C17H14FN5O4S. The fraction of sp³-hybridized carbons (Fsp3) is 0.176. The SMILES string of the molecule is NC(=O)Oc1ccc(-c2ccc(N3CC(Cn4ccnn4)OC3=O)cc2F)s1. The molecule has 0 saturated carbocycles. The Morgan fingerprint density at radius 3 is 2.96 bits per heavy atom. The normalized spacial score (nSPS) is 16.2. The van der Waals surface area contributed by atoms with E-state index in [4.69, 9.17) is 15.2 Å². The predicted octanol–water partition coefficient (Wildman–Crippen LogP) is 2.63. The van der Waals surface area contributed by atoms with Gasteiger partial charge in [0.05, 0.1) is 25.0 Å². The lowest BCUT2D eigenvalue weighted by Gasteiger charge is -2.14. The van der Waals surface area contributed by atoms with E-state index in [2.05, 4.69) is 10.3 Å². The Labute approximate surface area is 162 Å². The van der Waals surface area contributed by atoms with Crippen LogP contribution in [0.2, 0.25) is 0 Å². The summed E-state index contributed by atoms with van der Waals surface area (Å²) in [7, 11) is 0. The lowest BCUT2D eigenvalue weighted by atomic mass is 10.1. The first kappa shape index (κ1) is 17.9. The Morgan fingerprint density at radius 2 is 2.25 bits per heavy atom. The minimum Gasteiger partial charge on any atom is -0.442 e. The highest BCUT2D eigenvalue weighted by atomic mass is 32.1. The highest BCUT2D eigenvalue weighted by Crippen LogP contribution is 2.36. The van der Waals surface area contributed by atoms with Crippen LogP contribution in [0.1, 0.15) is 0 Å². The highest BCUT2D eigenvalue weighted by molar-refractivity contribution is 7.17. The van der Waals surface area contributed by atoms with Crippen LogP contribution in [0.25, 0.3) is 10.4 Å². The number of primary amides is 1. The Hall–Kier alpha value is -3.47. The van der Waals surface area contributed by atoms with Gasteiger partial charge in [0, 0.05) is 16.6 Å². The fourth-order valence-electron chi connectivity index (χ4n) is 2.86. The second-order valence-electron chi connectivity index (χ2n) is 5.95. The van der Waals surface area contributed by atoms with Crippen molar-refractivity contribution in [3.05, 3.63) is 48.5 Å². The molecule has 1 atom stereocenters. The molecule has 1 unspecified atom stereocenters. The molecule has 0 bridgehead atoms. The Bertz CT molecular complexity index is 1020. The largest absolute Gasteiger partial charge is 0.442 e. The summed E-state index contributed by atoms with van der Waals surface area (Å²) in [5.74, 6) is -0.516. The molecule has 0 radical (unpaired) electrons. The minimum atomic E-state index is -0.933. The van der Waals surface area contributed by atoms with Gasteiger partial charge in [0.2, 0.25) is 0 Å². The maximum absolute atomic E-state index is 14.7. The molecule has 0 spiro atoms. The quantitative estimate of drug-likeness (QED) is 0.701. The van der Waals surface area contributed by atoms with Crippen LogP contribution >= 0.6 is 11.3 Å². The maximum atomic E-state index is 14.7. The third kappa shape index (κ3) is 3.64. The Balaban J connectivity index is 1.50. The molecule has 28 heavy (non-hydrogen) atoms. The Kier molecular flexibility index (Phi) is 4.65. The van der Waals surface area contributed by atoms with Crippen LogP contribution in [-0.4, -0.2) is 39.8 Å². The smallest absolute Gasteiger partial charge is 0.414 e. The third-order valence-electron chi connectivity index (χ3n) is 4.05. The summed E-state index contributed by atoms with van der Waals surface area (Å²) in [6.45, 7) is 0.633. The van der Waals surface area contributed by atoms with Gasteiger partial charge in [-0.25, -0.2) is 18.7 Å². The van der Waals surface area contributed by atoms with E-state index in [1.54, 1.807) is 29.1 Å². The number of amides is 2. The van der Waals surface area contributed by atoms with Crippen LogP contribution in [0.5, 0.6) is 5.06 Å². The number of anilines is 1. The zero-order valence-corrected chi connectivity index (χ0v) is 15.1. The summed E-state index contributed by atoms with van der Waals surface area (Å²) in [4.78, 5) is 24.9. The number of rotatable bonds is 5. The van der Waals surface area contributed by atoms with Gasteiger partial charge in [0.25, 0.3) is 0 Å². The summed E-state index contributed by atoms with van der Waals surface area (Å²) >= 11 is 1.09. The van der Waals surface area contributed by atoms with Gasteiger partial charge in [-0.15, -0.1) is 5.10 Å². The molecule has 1 saturated heterocycles. The number of carbonyl (C=O) groups excluding carboxylic acids is 2. The van der Waals surface area contributed by atoms with Crippen molar-refractivity contribution in [2.45, 2.75) is 12.6 Å². The molecule has 2 amide bonds. The average molecular weight is 403 g/mol. The second-order valence-corrected chi connectivity index (χ2v) is 6.99. The molecule has 2 N–H and O–H groups in total. The Morgan fingerprint density at radius 1 is 1.39 bits per heavy atom. The van der Waals surface area contributed by atoms with Crippen molar-refractivity contribution in [3.8, 4) is 15.5 Å². The van der Waals surface area contributed by atoms with Crippen LogP contribution in [0.3, 0.4) is 0 Å². The number of hydrogen-bond donors (Lipinski definition) is 1. The van der Waals surface area contributed by atoms with Gasteiger partial charge in [-0.3, -0.25) is 4.90 Å². The van der Waals surface area contributed by atoms with Crippen molar-refractivity contribution in [2.24, 2.45) is 5.73 Å². The third-order valence-corrected chi connectivity index (χ3v) is 5.05. The summed E-state index contributed by atoms with van der Waals surface area (Å²) in [6, 6.07) is 7.61. The fourth-order valence-corrected chi connectivity index (χ4v) is 3.75. The van der Waals surface area contributed by atoms with E-state index in [-0.39, 0.29) is 11.6 Å². The zero-order valence-electron chi connectivity index (χ0n) is 14.3. The van der Waals surface area contributed by atoms with Gasteiger partial charge in [-0.2, -0.15) is 0 Å². The van der Waals surface area contributed by atoms with E-state index < -0.39 is 24.1 Å². The molecule has 0 aliphatic carbocycles. The summed E-state index contributed by atoms with van der Waals surface area (Å²) < 4.78 is 26.3. The van der Waals surface area contributed by atoms with Crippen LogP contribution in [0.15, 0.2) is 42.7 Å². The first-order chi connectivity index (χ1) is 13.5. The highest BCUT2D eigenvalue weighted by Gasteiger charge is 2.33. The van der Waals surface area contributed by atoms with Crippen LogP contribution in [0, 0.1) is 5.82 Å². The monoisotopic (exact) mass is 403 g/mol. The molecule has 2 aromatic heterocycles. The number of benzene rings is 1. The molecule has 1 aromatic carbocycles. The lowest BCUT2D eigenvalue weighted by Crippen LogP contribution is -2.26. The number of hydrogen-bond acceptors (Lipinski definition) is 7. The topological polar surface area (TPSA) is 113 Å². The maximum Gasteiger partial charge on any atom is 0.414 e. The van der Waals surface area contributed by atoms with Gasteiger partial charge in [-0.05, 0) is 30.3 Å². The van der Waals surface area contributed by atoms with E-state index in [0.717, 1.165) is 11.3 Å². The molecule has 11 heteroatoms. The van der Waals surface area contributed by atoms with Crippen LogP contribution in [0.4, 0.5) is 19.7 Å². The summed E-state index contributed by atoms with van der Waals surface area (Å²) in [6.07, 6.45) is 1.31. The second kappa shape index (κ2) is 7.27. The average Bonchev–Trinajstić information content (AvgIpc) is 3.37. The van der Waals surface area contributed by atoms with Gasteiger partial charge in [0.1, 0.15) is 11.9 Å². The molecule has 1 aliphatic rings. The number of ether oxygens (including phenoxy) is 2. The molecule has 3 aromatic rings. The van der Waals surface area contributed by atoms with Gasteiger partial charge >= 0.3 is 12.2 Å². The standard InChI is InChI=1S/C17H14FN5O4S/c18-13-7-10(1-2-12(13)14-3-4-15(28-14)27-16(19)24)23-9-11(26-17(23)25)8-22-6-5-20-21-22/h1-7,11H,8-9H2,(H2,19,24). The number of nitrogens with zero attached hydrogens (tertiary/aromatic N) is 4. The van der Waals surface area contributed by atoms with Gasteiger partial charge in [-0.1, -0.05) is 16.6 Å². The minimum absolute atomic E-state index is 0.269. The predicted molar refractivity (Wildman–Crippen MR) is 97.6 cm³/mol. The molecule has 9 nitrogen and oxygen atoms in total. The van der Waals surface area contributed by atoms with Crippen molar-refractivity contribution in [2.75, 3.05) is 11.4 Å². The summed E-state index contributed by atoms with van der Waals surface area (Å²) in [5, 5.41) is 7.81. The van der Waals surface area contributed by atoms with E-state index >= 15 is 0 Å². The molecule has 1 fully saturated rings. The molecule has 4 rings (SSSR count). The van der Waals surface area contributed by atoms with Crippen molar-refractivity contribution < 1.29 is 23.5 Å². The van der Waals surface area contributed by atoms with E-state index in [1.165, 1.54) is 23.2 Å². The molecule has 1 aliphatic heterocycles. The number of thiophene rings is 1. The van der Waals surface area contributed by atoms with Gasteiger partial charge in [0.15, 0.2) is 5.06 Å². The molecule has 144 valence electrons. The van der Waals surface area contributed by atoms with Crippen LogP contribution in [-0.2, 0) is 11.3 Å². The van der Waals surface area contributed by atoms with Crippen molar-refractivity contribution >= 4 is 29.2 Å². The van der Waals surface area contributed by atoms with Crippen LogP contribution < -0.4 is 15.4 Å². The number of halogens is 1. The zero-order chi connectivity index (χ0) is 19.7. The first-order valence-corrected chi connectivity index (χ1v) is 9.00. The van der Waals surface area contributed by atoms with Crippen molar-refractivity contribution in [1.29, 1.82) is 0 Å². The number of nitrogens with two attached hydrogens (primary N) is 1. The van der Waals surface area contributed by atoms with Gasteiger partial charge < -0.3 is 15.2 Å². The van der Waals surface area contributed by atoms with Crippen molar-refractivity contribution in [3.63, 3.8) is 0 Å². The summed E-state index contributed by atoms with van der Waals surface area (Å²) in [5.41, 5.74) is 5.68. The van der Waals surface area contributed by atoms with E-state index in [9.17, 15) is 14.0 Å². The number of cyclic esters (lactones) is 1. The van der Waals surface area contributed by atoms with Crippen molar-refractivity contribution in [1.82, 2.24) is 15.0 Å². The van der Waals surface area contributed by atoms with E-state index in [1.807, 2.05) is 0 Å². The molecular weight excluding hydrogens is 389 g/mol. The number of carbonyl (C=O) groups is 2. The number of aromatic nitrogens is 3. The first-order valence-electron chi connectivity index (χ1n) is 8.19. The van der Waals surface area contributed by atoms with E-state index in [0.29, 0.717) is 22.7 Å².